The van der Waals surface area contributed by atoms with E-state index in [0.29, 0.717) is 52.4 Å². The minimum Gasteiger partial charge on any atom is -0.497 e. The Kier molecular flexibility index (Phi) is 7.99. The van der Waals surface area contributed by atoms with Crippen molar-refractivity contribution >= 4 is 45.7 Å². The first kappa shape index (κ1) is 23.9. The molecule has 7 nitrogen and oxygen atoms in total. The van der Waals surface area contributed by atoms with E-state index in [2.05, 4.69) is 24.1 Å². The van der Waals surface area contributed by atoms with Crippen LogP contribution in [-0.4, -0.2) is 29.3 Å². The molecule has 0 saturated carbocycles. The van der Waals surface area contributed by atoms with E-state index in [4.69, 9.17) is 32.7 Å². The molecule has 0 spiro atoms. The minimum absolute atomic E-state index is 0.0285. The van der Waals surface area contributed by atoms with E-state index in [1.807, 2.05) is 12.1 Å². The first-order chi connectivity index (χ1) is 15.3. The van der Waals surface area contributed by atoms with Gasteiger partial charge in [-0.3, -0.25) is 4.79 Å². The smallest absolute Gasteiger partial charge is 0.264 e. The molecule has 3 rings (SSSR count). The number of rotatable bonds is 9. The van der Waals surface area contributed by atoms with Gasteiger partial charge in [-0.25, -0.2) is 0 Å². The summed E-state index contributed by atoms with van der Waals surface area (Å²) < 4.78 is 12.6. The molecule has 0 saturated heterocycles. The van der Waals surface area contributed by atoms with E-state index in [1.54, 1.807) is 35.9 Å². The van der Waals surface area contributed by atoms with Gasteiger partial charge in [0.1, 0.15) is 11.5 Å². The minimum atomic E-state index is -0.414. The molecule has 1 heterocycles. The second-order valence-electron chi connectivity index (χ2n) is 7.68. The lowest BCUT2D eigenvalue weighted by Crippen LogP contribution is -2.03. The quantitative estimate of drug-likeness (QED) is 0.271. The monoisotopic (exact) mass is 477 g/mol. The Morgan fingerprint density at radius 1 is 1.19 bits per heavy atom. The number of aromatic nitrogens is 1. The van der Waals surface area contributed by atoms with Crippen molar-refractivity contribution in [3.63, 3.8) is 0 Å². The lowest BCUT2D eigenvalue weighted by molar-refractivity contribution is -0.118. The van der Waals surface area contributed by atoms with Crippen LogP contribution in [0.25, 0.3) is 10.9 Å². The Morgan fingerprint density at radius 3 is 2.66 bits per heavy atom. The van der Waals surface area contributed by atoms with Crippen LogP contribution >= 0.6 is 23.2 Å². The topological polar surface area (TPSA) is 85.4 Å². The maximum atomic E-state index is 12.2. The van der Waals surface area contributed by atoms with Crippen LogP contribution < -0.4 is 9.47 Å². The number of methoxy groups -OCH3 is 1. The van der Waals surface area contributed by atoms with Gasteiger partial charge in [0.2, 0.25) is 5.88 Å². The standard InChI is InChI=1S/C23H25Cl2N3O4/c1-14(2)13-28-19-8-7-16(31-3)12-17(19)22(23(28)30)27-26-21(29)5-4-10-32-20-9-6-15(24)11-18(20)25/h6-9,11-12,14,30H,4-5,10,13H2,1-3H3. The number of ether oxygens (including phenoxy) is 2. The zero-order chi connectivity index (χ0) is 23.3. The number of hydrogen-bond acceptors (Lipinski definition) is 5. The zero-order valence-electron chi connectivity index (χ0n) is 18.1. The Bertz CT molecular complexity index is 1140. The molecule has 1 N–H and O–H groups in total. The van der Waals surface area contributed by atoms with Crippen LogP contribution in [-0.2, 0) is 11.3 Å². The van der Waals surface area contributed by atoms with Gasteiger partial charge < -0.3 is 19.1 Å². The van der Waals surface area contributed by atoms with Crippen molar-refractivity contribution in [2.24, 2.45) is 16.1 Å². The fourth-order valence-electron chi connectivity index (χ4n) is 3.23. The van der Waals surface area contributed by atoms with Crippen molar-refractivity contribution in [2.45, 2.75) is 33.2 Å². The third kappa shape index (κ3) is 5.72. The largest absolute Gasteiger partial charge is 0.497 e. The normalized spacial score (nSPS) is 11.6. The Hall–Kier alpha value is -2.77. The average molecular weight is 478 g/mol. The van der Waals surface area contributed by atoms with Crippen molar-refractivity contribution in [2.75, 3.05) is 13.7 Å². The van der Waals surface area contributed by atoms with Crippen LogP contribution in [0.3, 0.4) is 0 Å². The maximum absolute atomic E-state index is 12.2. The summed E-state index contributed by atoms with van der Waals surface area (Å²) in [6, 6.07) is 10.4. The molecule has 0 radical (unpaired) electrons. The second-order valence-corrected chi connectivity index (χ2v) is 8.52. The van der Waals surface area contributed by atoms with E-state index in [1.165, 1.54) is 0 Å². The molecule has 3 aromatic rings. The van der Waals surface area contributed by atoms with Crippen molar-refractivity contribution in [1.82, 2.24) is 4.57 Å². The Labute approximate surface area is 196 Å². The van der Waals surface area contributed by atoms with Crippen molar-refractivity contribution in [1.29, 1.82) is 0 Å². The van der Waals surface area contributed by atoms with Crippen LogP contribution in [0.5, 0.6) is 17.4 Å². The van der Waals surface area contributed by atoms with Gasteiger partial charge in [0.05, 0.1) is 24.3 Å². The predicted molar refractivity (Wildman–Crippen MR) is 126 cm³/mol. The molecule has 0 fully saturated rings. The van der Waals surface area contributed by atoms with E-state index < -0.39 is 5.91 Å². The van der Waals surface area contributed by atoms with Gasteiger partial charge in [-0.1, -0.05) is 37.0 Å². The van der Waals surface area contributed by atoms with Gasteiger partial charge in [0.25, 0.3) is 5.91 Å². The molecule has 0 unspecified atom stereocenters. The molecule has 1 aromatic heterocycles. The number of carbonyl (C=O) groups is 1. The van der Waals surface area contributed by atoms with Crippen molar-refractivity contribution in [3.8, 4) is 17.4 Å². The molecule has 9 heteroatoms. The summed E-state index contributed by atoms with van der Waals surface area (Å²) in [7, 11) is 1.57. The summed E-state index contributed by atoms with van der Waals surface area (Å²) in [6.07, 6.45) is 0.579. The van der Waals surface area contributed by atoms with E-state index in [-0.39, 0.29) is 18.0 Å². The molecule has 32 heavy (non-hydrogen) atoms. The summed E-state index contributed by atoms with van der Waals surface area (Å²) in [4.78, 5) is 12.2. The third-order valence-corrected chi connectivity index (χ3v) is 5.24. The van der Waals surface area contributed by atoms with Crippen LogP contribution in [0.2, 0.25) is 10.0 Å². The van der Waals surface area contributed by atoms with Crippen LogP contribution in [0, 0.1) is 5.92 Å². The SMILES string of the molecule is COc1ccc2c(c1)c(N=NC(=O)CCCOc1ccc(Cl)cc1Cl)c(O)n2CC(C)C. The molecule has 2 aromatic carbocycles. The summed E-state index contributed by atoms with van der Waals surface area (Å²) in [5, 5.41) is 20.2. The van der Waals surface area contributed by atoms with Crippen LogP contribution in [0.15, 0.2) is 46.6 Å². The average Bonchev–Trinajstić information content (AvgIpc) is 3.00. The molecular weight excluding hydrogens is 453 g/mol. The number of amides is 1. The highest BCUT2D eigenvalue weighted by atomic mass is 35.5. The second kappa shape index (κ2) is 10.7. The number of nitrogens with zero attached hydrogens (tertiary/aromatic N) is 3. The molecule has 170 valence electrons. The van der Waals surface area contributed by atoms with E-state index >= 15 is 0 Å². The van der Waals surface area contributed by atoms with Gasteiger partial charge >= 0.3 is 0 Å². The number of halogens is 2. The first-order valence-corrected chi connectivity index (χ1v) is 11.0. The van der Waals surface area contributed by atoms with Crippen LogP contribution in [0.1, 0.15) is 26.7 Å². The fraction of sp³-hybridized carbons (Fsp3) is 0.348. The lowest BCUT2D eigenvalue weighted by Gasteiger charge is -2.09. The molecule has 1 amide bonds. The van der Waals surface area contributed by atoms with Gasteiger partial charge in [-0.05, 0) is 48.7 Å². The zero-order valence-corrected chi connectivity index (χ0v) is 19.7. The Balaban J connectivity index is 1.68. The number of azo groups is 1. The van der Waals surface area contributed by atoms with Crippen molar-refractivity contribution < 1.29 is 19.4 Å². The molecule has 0 aliphatic carbocycles. The summed E-state index contributed by atoms with van der Waals surface area (Å²) >= 11 is 11.9. The summed E-state index contributed by atoms with van der Waals surface area (Å²) in [5.41, 5.74) is 1.05. The van der Waals surface area contributed by atoms with Gasteiger partial charge in [-0.15, -0.1) is 10.2 Å². The molecule has 0 aliphatic rings. The first-order valence-electron chi connectivity index (χ1n) is 10.2. The number of hydrogen-bond donors (Lipinski definition) is 1. The number of fused-ring (bicyclic) bond motifs is 1. The highest BCUT2D eigenvalue weighted by molar-refractivity contribution is 6.35. The molecule has 0 bridgehead atoms. The van der Waals surface area contributed by atoms with E-state index in [0.717, 1.165) is 5.52 Å². The molecular formula is C23H25Cl2N3O4. The maximum Gasteiger partial charge on any atom is 0.264 e. The third-order valence-electron chi connectivity index (χ3n) is 4.71. The number of carbonyl (C=O) groups excluding carboxylic acids is 1. The van der Waals surface area contributed by atoms with Crippen molar-refractivity contribution in [3.05, 3.63) is 46.4 Å². The lowest BCUT2D eigenvalue weighted by atomic mass is 10.2. The van der Waals surface area contributed by atoms with Crippen LogP contribution in [0.4, 0.5) is 5.69 Å². The number of benzene rings is 2. The number of aromatic hydroxyl groups is 1. The highest BCUT2D eigenvalue weighted by Crippen LogP contribution is 2.41. The molecule has 0 atom stereocenters. The highest BCUT2D eigenvalue weighted by Gasteiger charge is 2.18. The van der Waals surface area contributed by atoms with E-state index in [9.17, 15) is 9.90 Å². The van der Waals surface area contributed by atoms with Gasteiger partial charge in [0.15, 0.2) is 5.69 Å². The predicted octanol–water partition coefficient (Wildman–Crippen LogP) is 6.79. The van der Waals surface area contributed by atoms with Gasteiger partial charge in [0, 0.05) is 23.4 Å². The van der Waals surface area contributed by atoms with Gasteiger partial charge in [-0.2, -0.15) is 0 Å². The fourth-order valence-corrected chi connectivity index (χ4v) is 3.69. The summed E-state index contributed by atoms with van der Waals surface area (Å²) in [6.45, 7) is 5.00. The Morgan fingerprint density at radius 2 is 1.97 bits per heavy atom. The molecule has 0 aliphatic heterocycles. The summed E-state index contributed by atoms with van der Waals surface area (Å²) in [5.74, 6) is 0.989.